The second-order valence-corrected chi connectivity index (χ2v) is 9.00. The maximum Gasteiger partial charge on any atom is 0.273 e. The van der Waals surface area contributed by atoms with Crippen LogP contribution in [0.2, 0.25) is 4.34 Å². The molecule has 0 aliphatic carbocycles. The zero-order valence-electron chi connectivity index (χ0n) is 14.6. The SMILES string of the molecule is O=C(c1csc(-c2ccc(Cl)s2)n1)N1CCC(OCc2ccccc2)CC1. The van der Waals surface area contributed by atoms with Crippen LogP contribution >= 0.6 is 34.3 Å². The van der Waals surface area contributed by atoms with E-state index in [1.54, 1.807) is 0 Å². The maximum absolute atomic E-state index is 12.7. The molecule has 0 unspecified atom stereocenters. The number of benzene rings is 1. The van der Waals surface area contributed by atoms with E-state index in [9.17, 15) is 4.79 Å². The molecule has 4 nitrogen and oxygen atoms in total. The van der Waals surface area contributed by atoms with Crippen molar-refractivity contribution in [2.75, 3.05) is 13.1 Å². The molecule has 7 heteroatoms. The molecule has 140 valence electrons. The number of ether oxygens (including phenoxy) is 1. The van der Waals surface area contributed by atoms with E-state index in [2.05, 4.69) is 17.1 Å². The Morgan fingerprint density at radius 1 is 1.19 bits per heavy atom. The largest absolute Gasteiger partial charge is 0.373 e. The van der Waals surface area contributed by atoms with Gasteiger partial charge < -0.3 is 9.64 Å². The van der Waals surface area contributed by atoms with Crippen molar-refractivity contribution in [3.8, 4) is 9.88 Å². The smallest absolute Gasteiger partial charge is 0.273 e. The first-order valence-electron chi connectivity index (χ1n) is 8.85. The summed E-state index contributed by atoms with van der Waals surface area (Å²) in [6, 6.07) is 14.0. The van der Waals surface area contributed by atoms with Gasteiger partial charge in [0.1, 0.15) is 10.7 Å². The van der Waals surface area contributed by atoms with Gasteiger partial charge in [0, 0.05) is 18.5 Å². The molecule has 0 saturated carbocycles. The fourth-order valence-electron chi connectivity index (χ4n) is 3.09. The maximum atomic E-state index is 12.7. The number of thiophene rings is 1. The molecule has 1 amide bonds. The number of carbonyl (C=O) groups is 1. The van der Waals surface area contributed by atoms with Crippen molar-refractivity contribution in [3.63, 3.8) is 0 Å². The van der Waals surface area contributed by atoms with E-state index >= 15 is 0 Å². The number of thiazole rings is 1. The van der Waals surface area contributed by atoms with Crippen molar-refractivity contribution in [2.24, 2.45) is 0 Å². The van der Waals surface area contributed by atoms with Crippen molar-refractivity contribution in [2.45, 2.75) is 25.6 Å². The number of aromatic nitrogens is 1. The van der Waals surface area contributed by atoms with Gasteiger partial charge in [-0.15, -0.1) is 22.7 Å². The van der Waals surface area contributed by atoms with E-state index in [0.29, 0.717) is 25.4 Å². The van der Waals surface area contributed by atoms with Crippen LogP contribution in [0.25, 0.3) is 9.88 Å². The number of hydrogen-bond acceptors (Lipinski definition) is 5. The molecule has 4 rings (SSSR count). The summed E-state index contributed by atoms with van der Waals surface area (Å²) in [4.78, 5) is 20.1. The molecule has 3 heterocycles. The molecule has 1 saturated heterocycles. The highest BCUT2D eigenvalue weighted by atomic mass is 35.5. The summed E-state index contributed by atoms with van der Waals surface area (Å²) < 4.78 is 6.73. The second-order valence-electron chi connectivity index (χ2n) is 6.43. The lowest BCUT2D eigenvalue weighted by atomic mass is 10.1. The molecule has 3 aromatic rings. The van der Waals surface area contributed by atoms with Crippen LogP contribution in [-0.2, 0) is 11.3 Å². The monoisotopic (exact) mass is 418 g/mol. The molecule has 1 aliphatic rings. The van der Waals surface area contributed by atoms with Crippen LogP contribution in [0.5, 0.6) is 0 Å². The average Bonchev–Trinajstić information content (AvgIpc) is 3.36. The Kier molecular flexibility index (Phi) is 5.88. The molecule has 0 spiro atoms. The van der Waals surface area contributed by atoms with Gasteiger partial charge in [-0.25, -0.2) is 4.98 Å². The Balaban J connectivity index is 1.30. The summed E-state index contributed by atoms with van der Waals surface area (Å²) in [5, 5.41) is 2.68. The molecule has 1 aromatic carbocycles. The number of likely N-dealkylation sites (tertiary alicyclic amines) is 1. The van der Waals surface area contributed by atoms with Gasteiger partial charge >= 0.3 is 0 Å². The van der Waals surface area contributed by atoms with Crippen molar-refractivity contribution < 1.29 is 9.53 Å². The van der Waals surface area contributed by atoms with Gasteiger partial charge in [0.2, 0.25) is 0 Å². The molecular weight excluding hydrogens is 400 g/mol. The Morgan fingerprint density at radius 2 is 1.96 bits per heavy atom. The van der Waals surface area contributed by atoms with Gasteiger partial charge in [0.15, 0.2) is 0 Å². The van der Waals surface area contributed by atoms with Crippen molar-refractivity contribution in [3.05, 3.63) is 63.4 Å². The number of rotatable bonds is 5. The molecule has 27 heavy (non-hydrogen) atoms. The number of carbonyl (C=O) groups excluding carboxylic acids is 1. The standard InChI is InChI=1S/C20H19ClN2O2S2/c21-18-7-6-17(27-18)19-22-16(13-26-19)20(24)23-10-8-15(9-11-23)25-12-14-4-2-1-3-5-14/h1-7,13,15H,8-12H2. The Morgan fingerprint density at radius 3 is 2.67 bits per heavy atom. The van der Waals surface area contributed by atoms with E-state index < -0.39 is 0 Å². The fourth-order valence-corrected chi connectivity index (χ4v) is 5.00. The summed E-state index contributed by atoms with van der Waals surface area (Å²) in [5.74, 6) is 0.00154. The van der Waals surface area contributed by atoms with E-state index in [0.717, 1.165) is 27.1 Å². The number of halogens is 1. The van der Waals surface area contributed by atoms with Crippen LogP contribution in [0, 0.1) is 0 Å². The predicted molar refractivity (Wildman–Crippen MR) is 111 cm³/mol. The lowest BCUT2D eigenvalue weighted by molar-refractivity contribution is -0.000489. The van der Waals surface area contributed by atoms with E-state index in [-0.39, 0.29) is 12.0 Å². The second kappa shape index (κ2) is 8.52. The van der Waals surface area contributed by atoms with Gasteiger partial charge in [-0.1, -0.05) is 41.9 Å². The molecule has 2 aromatic heterocycles. The first-order chi connectivity index (χ1) is 13.2. The Hall–Kier alpha value is -1.73. The van der Waals surface area contributed by atoms with Crippen LogP contribution in [0.4, 0.5) is 0 Å². The minimum Gasteiger partial charge on any atom is -0.373 e. The highest BCUT2D eigenvalue weighted by Gasteiger charge is 2.25. The number of hydrogen-bond donors (Lipinski definition) is 0. The Labute approximate surface area is 171 Å². The lowest BCUT2D eigenvalue weighted by Gasteiger charge is -2.31. The highest BCUT2D eigenvalue weighted by Crippen LogP contribution is 2.33. The first kappa shape index (κ1) is 18.6. The van der Waals surface area contributed by atoms with E-state index in [1.165, 1.54) is 28.2 Å². The summed E-state index contributed by atoms with van der Waals surface area (Å²) in [6.07, 6.45) is 1.92. The van der Waals surface area contributed by atoms with Crippen LogP contribution in [-0.4, -0.2) is 35.0 Å². The third-order valence-corrected chi connectivity index (χ3v) is 6.81. The van der Waals surface area contributed by atoms with Crippen molar-refractivity contribution in [1.82, 2.24) is 9.88 Å². The fraction of sp³-hybridized carbons (Fsp3) is 0.300. The van der Waals surface area contributed by atoms with Crippen molar-refractivity contribution in [1.29, 1.82) is 0 Å². The summed E-state index contributed by atoms with van der Waals surface area (Å²) in [6.45, 7) is 2.03. The topological polar surface area (TPSA) is 42.4 Å². The molecule has 0 bridgehead atoms. The molecular formula is C20H19ClN2O2S2. The summed E-state index contributed by atoms with van der Waals surface area (Å²) in [5.41, 5.74) is 1.70. The Bertz CT molecular complexity index is 902. The van der Waals surface area contributed by atoms with Crippen LogP contribution < -0.4 is 0 Å². The van der Waals surface area contributed by atoms with Gasteiger partial charge in [0.05, 0.1) is 21.9 Å². The van der Waals surface area contributed by atoms with E-state index in [1.807, 2.05) is 40.6 Å². The van der Waals surface area contributed by atoms with Gasteiger partial charge in [0.25, 0.3) is 5.91 Å². The summed E-state index contributed by atoms with van der Waals surface area (Å²) in [7, 11) is 0. The van der Waals surface area contributed by atoms with Crippen LogP contribution in [0.3, 0.4) is 0 Å². The third kappa shape index (κ3) is 4.58. The number of nitrogens with zero attached hydrogens (tertiary/aromatic N) is 2. The average molecular weight is 419 g/mol. The van der Waals surface area contributed by atoms with Gasteiger partial charge in [-0.3, -0.25) is 4.79 Å². The predicted octanol–water partition coefficient (Wildman–Crippen LogP) is 5.35. The van der Waals surface area contributed by atoms with Gasteiger partial charge in [-0.05, 0) is 30.5 Å². The highest BCUT2D eigenvalue weighted by molar-refractivity contribution is 7.23. The van der Waals surface area contributed by atoms with Crippen molar-refractivity contribution >= 4 is 40.2 Å². The van der Waals surface area contributed by atoms with E-state index in [4.69, 9.17) is 16.3 Å². The molecule has 0 radical (unpaired) electrons. The zero-order chi connectivity index (χ0) is 18.6. The zero-order valence-corrected chi connectivity index (χ0v) is 17.0. The summed E-state index contributed by atoms with van der Waals surface area (Å²) >= 11 is 8.95. The molecule has 0 atom stereocenters. The molecule has 1 aliphatic heterocycles. The molecule has 0 N–H and O–H groups in total. The minimum atomic E-state index is 0.00154. The van der Waals surface area contributed by atoms with Gasteiger partial charge in [-0.2, -0.15) is 0 Å². The number of piperidine rings is 1. The molecule has 1 fully saturated rings. The lowest BCUT2D eigenvalue weighted by Crippen LogP contribution is -2.41. The quantitative estimate of drug-likeness (QED) is 0.561. The number of amides is 1. The van der Waals surface area contributed by atoms with Crippen LogP contribution in [0.15, 0.2) is 47.8 Å². The van der Waals surface area contributed by atoms with Crippen LogP contribution in [0.1, 0.15) is 28.9 Å². The minimum absolute atomic E-state index is 0.00154. The first-order valence-corrected chi connectivity index (χ1v) is 10.9. The normalized spacial score (nSPS) is 15.2. The third-order valence-electron chi connectivity index (χ3n) is 4.57.